The lowest BCUT2D eigenvalue weighted by atomic mass is 9.99. The van der Waals surface area contributed by atoms with Gasteiger partial charge in [-0.1, -0.05) is 48.0 Å². The molecular weight excluding hydrogens is 493 g/mol. The second kappa shape index (κ2) is 10.7. The van der Waals surface area contributed by atoms with Crippen LogP contribution >= 0.6 is 0 Å². The summed E-state index contributed by atoms with van der Waals surface area (Å²) in [6.07, 6.45) is -2.73. The number of likely N-dealkylation sites (tertiary alicyclic amines) is 1. The Balaban J connectivity index is 1.39. The molecule has 200 valence electrons. The number of carbonyl (C=O) groups is 1. The minimum absolute atomic E-state index is 0.115. The van der Waals surface area contributed by atoms with Gasteiger partial charge in [0.1, 0.15) is 11.5 Å². The maximum atomic E-state index is 14.0. The molecule has 0 saturated carbocycles. The van der Waals surface area contributed by atoms with E-state index in [4.69, 9.17) is 9.47 Å². The molecule has 5 nitrogen and oxygen atoms in total. The lowest BCUT2D eigenvalue weighted by Gasteiger charge is -2.36. The molecule has 3 unspecified atom stereocenters. The molecule has 0 aliphatic carbocycles. The van der Waals surface area contributed by atoms with Gasteiger partial charge in [-0.25, -0.2) is 0 Å². The topological polar surface area (TPSA) is 50.8 Å². The largest absolute Gasteiger partial charge is 0.496 e. The van der Waals surface area contributed by atoms with E-state index in [-0.39, 0.29) is 24.7 Å². The zero-order valence-corrected chi connectivity index (χ0v) is 21.4. The SMILES string of the molecule is COc1ccc(C(F)(F)F)cc1CNC1CCC(c2ccccc2)N1C(=O)C1CCc2cc(C)ccc2O1. The van der Waals surface area contributed by atoms with E-state index in [1.807, 2.05) is 54.3 Å². The first-order chi connectivity index (χ1) is 18.2. The zero-order chi connectivity index (χ0) is 26.9. The van der Waals surface area contributed by atoms with Crippen molar-refractivity contribution in [3.63, 3.8) is 0 Å². The van der Waals surface area contributed by atoms with Crippen LogP contribution in [0.25, 0.3) is 0 Å². The van der Waals surface area contributed by atoms with E-state index in [1.165, 1.54) is 13.2 Å². The molecular formula is C30H31F3N2O3. The number of nitrogens with zero attached hydrogens (tertiary/aromatic N) is 1. The summed E-state index contributed by atoms with van der Waals surface area (Å²) in [6.45, 7) is 2.15. The lowest BCUT2D eigenvalue weighted by molar-refractivity contribution is -0.143. The Labute approximate surface area is 220 Å². The van der Waals surface area contributed by atoms with Crippen LogP contribution in [0.5, 0.6) is 11.5 Å². The maximum Gasteiger partial charge on any atom is 0.416 e. The summed E-state index contributed by atoms with van der Waals surface area (Å²) in [4.78, 5) is 15.8. The molecule has 3 aromatic carbocycles. The number of benzene rings is 3. The molecule has 1 N–H and O–H groups in total. The van der Waals surface area contributed by atoms with Crippen molar-refractivity contribution in [2.24, 2.45) is 0 Å². The fraction of sp³-hybridized carbons (Fsp3) is 0.367. The average molecular weight is 525 g/mol. The third kappa shape index (κ3) is 5.36. The molecule has 1 saturated heterocycles. The van der Waals surface area contributed by atoms with Crippen LogP contribution in [0.2, 0.25) is 0 Å². The number of rotatable bonds is 6. The number of nitrogens with one attached hydrogen (secondary N) is 1. The minimum Gasteiger partial charge on any atom is -0.496 e. The fourth-order valence-corrected chi connectivity index (χ4v) is 5.50. The number of ether oxygens (including phenoxy) is 2. The molecule has 2 aliphatic rings. The highest BCUT2D eigenvalue weighted by Gasteiger charge is 2.42. The van der Waals surface area contributed by atoms with Gasteiger partial charge in [0.05, 0.1) is 24.9 Å². The molecule has 0 aromatic heterocycles. The van der Waals surface area contributed by atoms with Crippen molar-refractivity contribution in [3.8, 4) is 11.5 Å². The van der Waals surface area contributed by atoms with Gasteiger partial charge in [0.25, 0.3) is 5.91 Å². The average Bonchev–Trinajstić information content (AvgIpc) is 3.35. The van der Waals surface area contributed by atoms with E-state index in [0.29, 0.717) is 24.2 Å². The van der Waals surface area contributed by atoms with E-state index < -0.39 is 17.8 Å². The van der Waals surface area contributed by atoms with E-state index in [0.717, 1.165) is 47.4 Å². The van der Waals surface area contributed by atoms with Gasteiger partial charge in [-0.15, -0.1) is 0 Å². The predicted molar refractivity (Wildman–Crippen MR) is 138 cm³/mol. The Kier molecular flexibility index (Phi) is 7.34. The van der Waals surface area contributed by atoms with Gasteiger partial charge < -0.3 is 14.4 Å². The smallest absolute Gasteiger partial charge is 0.416 e. The van der Waals surface area contributed by atoms with Crippen LogP contribution in [-0.4, -0.2) is 30.2 Å². The summed E-state index contributed by atoms with van der Waals surface area (Å²) in [5, 5.41) is 3.35. The highest BCUT2D eigenvalue weighted by molar-refractivity contribution is 5.83. The van der Waals surface area contributed by atoms with E-state index in [9.17, 15) is 18.0 Å². The number of hydrogen-bond acceptors (Lipinski definition) is 4. The van der Waals surface area contributed by atoms with E-state index >= 15 is 0 Å². The third-order valence-electron chi connectivity index (χ3n) is 7.40. The van der Waals surface area contributed by atoms with Gasteiger partial charge in [0.2, 0.25) is 0 Å². The van der Waals surface area contributed by atoms with Gasteiger partial charge in [-0.3, -0.25) is 10.1 Å². The zero-order valence-electron chi connectivity index (χ0n) is 21.4. The van der Waals surface area contributed by atoms with Gasteiger partial charge >= 0.3 is 6.18 Å². The van der Waals surface area contributed by atoms with Crippen LogP contribution in [0.1, 0.15) is 53.1 Å². The summed E-state index contributed by atoms with van der Waals surface area (Å²) in [5.41, 5.74) is 2.92. The van der Waals surface area contributed by atoms with Crippen LogP contribution < -0.4 is 14.8 Å². The third-order valence-corrected chi connectivity index (χ3v) is 7.40. The van der Waals surface area contributed by atoms with Crippen LogP contribution in [0.15, 0.2) is 66.7 Å². The minimum atomic E-state index is -4.46. The van der Waals surface area contributed by atoms with Crippen molar-refractivity contribution >= 4 is 5.91 Å². The van der Waals surface area contributed by atoms with Gasteiger partial charge in [-0.05, 0) is 68.0 Å². The molecule has 2 aliphatic heterocycles. The van der Waals surface area contributed by atoms with Gasteiger partial charge in [-0.2, -0.15) is 13.2 Å². The Bertz CT molecular complexity index is 1300. The van der Waals surface area contributed by atoms with Crippen molar-refractivity contribution in [2.75, 3.05) is 7.11 Å². The quantitative estimate of drug-likeness (QED) is 0.418. The monoisotopic (exact) mass is 524 g/mol. The summed E-state index contributed by atoms with van der Waals surface area (Å²) < 4.78 is 51.6. The molecule has 0 radical (unpaired) electrons. The van der Waals surface area contributed by atoms with Crippen LogP contribution in [-0.2, 0) is 23.9 Å². The first kappa shape index (κ1) is 26.1. The second-order valence-electron chi connectivity index (χ2n) is 9.93. The molecule has 3 atom stereocenters. The number of alkyl halides is 3. The van der Waals surface area contributed by atoms with Crippen molar-refractivity contribution in [2.45, 2.75) is 63.6 Å². The summed E-state index contributed by atoms with van der Waals surface area (Å²) in [7, 11) is 1.43. The van der Waals surface area contributed by atoms with Crippen LogP contribution in [0, 0.1) is 6.92 Å². The number of halogens is 3. The summed E-state index contributed by atoms with van der Waals surface area (Å²) >= 11 is 0. The number of fused-ring (bicyclic) bond motifs is 1. The Hall–Kier alpha value is -3.52. The molecule has 5 rings (SSSR count). The molecule has 2 heterocycles. The molecule has 8 heteroatoms. The maximum absolute atomic E-state index is 14.0. The molecule has 1 amide bonds. The Morgan fingerprint density at radius 3 is 2.58 bits per heavy atom. The van der Waals surface area contributed by atoms with E-state index in [2.05, 4.69) is 11.4 Å². The first-order valence-corrected chi connectivity index (χ1v) is 12.9. The Morgan fingerprint density at radius 2 is 1.84 bits per heavy atom. The molecule has 0 spiro atoms. The number of amides is 1. The molecule has 0 bridgehead atoms. The highest BCUT2D eigenvalue weighted by atomic mass is 19.4. The normalized spacial score (nSPS) is 21.1. The van der Waals surface area contributed by atoms with Crippen molar-refractivity contribution in [1.29, 1.82) is 0 Å². The predicted octanol–water partition coefficient (Wildman–Crippen LogP) is 6.20. The fourth-order valence-electron chi connectivity index (χ4n) is 5.50. The highest BCUT2D eigenvalue weighted by Crippen LogP contribution is 2.38. The van der Waals surface area contributed by atoms with E-state index in [1.54, 1.807) is 0 Å². The van der Waals surface area contributed by atoms with Crippen molar-refractivity contribution < 1.29 is 27.4 Å². The van der Waals surface area contributed by atoms with Crippen molar-refractivity contribution in [3.05, 3.63) is 94.5 Å². The molecule has 38 heavy (non-hydrogen) atoms. The molecule has 3 aromatic rings. The number of methoxy groups -OCH3 is 1. The second-order valence-corrected chi connectivity index (χ2v) is 9.93. The number of aryl methyl sites for hydroxylation is 2. The summed E-state index contributed by atoms with van der Waals surface area (Å²) in [5.74, 6) is 0.980. The number of hydrogen-bond donors (Lipinski definition) is 1. The van der Waals surface area contributed by atoms with Crippen molar-refractivity contribution in [1.82, 2.24) is 10.2 Å². The van der Waals surface area contributed by atoms with Gasteiger partial charge in [0, 0.05) is 12.1 Å². The Morgan fingerprint density at radius 1 is 1.05 bits per heavy atom. The number of carbonyl (C=O) groups excluding carboxylic acids is 1. The first-order valence-electron chi connectivity index (χ1n) is 12.9. The summed E-state index contributed by atoms with van der Waals surface area (Å²) in [6, 6.07) is 19.1. The van der Waals surface area contributed by atoms with Crippen LogP contribution in [0.3, 0.4) is 0 Å². The molecule has 1 fully saturated rings. The lowest BCUT2D eigenvalue weighted by Crippen LogP contribution is -2.51. The standard InChI is InChI=1S/C30H31F3N2O3/c1-19-8-12-26-21(16-19)9-13-27(38-26)29(36)35-24(20-6-4-3-5-7-20)11-15-28(35)34-18-22-17-23(30(31,32)33)10-14-25(22)37-2/h3-8,10,12,14,16-17,24,27-28,34H,9,11,13,15,18H2,1-2H3. The van der Waals surface area contributed by atoms with Gasteiger partial charge in [0.15, 0.2) is 6.10 Å². The van der Waals surface area contributed by atoms with Crippen LogP contribution in [0.4, 0.5) is 13.2 Å².